The fourth-order valence-electron chi connectivity index (χ4n) is 2.10. The highest BCUT2D eigenvalue weighted by Crippen LogP contribution is 2.25. The highest BCUT2D eigenvalue weighted by atomic mass is 32.2. The molecule has 2 rings (SSSR count). The van der Waals surface area contributed by atoms with E-state index in [2.05, 4.69) is 15.0 Å². The van der Waals surface area contributed by atoms with Crippen molar-refractivity contribution in [3.63, 3.8) is 0 Å². The zero-order valence-electron chi connectivity index (χ0n) is 13.4. The van der Waals surface area contributed by atoms with E-state index < -0.39 is 14.8 Å². The summed E-state index contributed by atoms with van der Waals surface area (Å²) >= 11 is 0. The highest BCUT2D eigenvalue weighted by Gasteiger charge is 2.27. The first-order chi connectivity index (χ1) is 11.8. The van der Waals surface area contributed by atoms with Crippen LogP contribution in [0.3, 0.4) is 0 Å². The predicted molar refractivity (Wildman–Crippen MR) is 94.1 cm³/mol. The van der Waals surface area contributed by atoms with Gasteiger partial charge >= 0.3 is 0 Å². The molecule has 0 atom stereocenters. The van der Waals surface area contributed by atoms with E-state index in [-0.39, 0.29) is 27.0 Å². The molecule has 0 amide bonds. The number of benzene rings is 1. The molecule has 0 aliphatic carbocycles. The number of non-ortho nitro benzene ring substituents is 1. The molecule has 0 saturated carbocycles. The summed E-state index contributed by atoms with van der Waals surface area (Å²) in [6.07, 6.45) is 1.03. The van der Waals surface area contributed by atoms with Gasteiger partial charge in [0, 0.05) is 24.9 Å². The molecule has 0 unspecified atom stereocenters. The van der Waals surface area contributed by atoms with E-state index in [9.17, 15) is 18.5 Å². The van der Waals surface area contributed by atoms with Crippen LogP contribution in [-0.4, -0.2) is 36.8 Å². The SMILES string of the molecule is CN=C(c1nc(C)ccc1N=CN)S(=O)(=O)c1ccc([N+](=O)[O-])cc1. The van der Waals surface area contributed by atoms with Crippen LogP contribution in [-0.2, 0) is 9.84 Å². The molecular formula is C15H15N5O4S. The first-order valence-corrected chi connectivity index (χ1v) is 8.48. The second kappa shape index (κ2) is 7.18. The van der Waals surface area contributed by atoms with Crippen molar-refractivity contribution in [2.75, 3.05) is 7.05 Å². The van der Waals surface area contributed by atoms with Crippen LogP contribution >= 0.6 is 0 Å². The Hall–Kier alpha value is -3.14. The Morgan fingerprint density at radius 3 is 2.40 bits per heavy atom. The third kappa shape index (κ3) is 3.69. The Bertz CT molecular complexity index is 966. The number of hydrogen-bond donors (Lipinski definition) is 1. The van der Waals surface area contributed by atoms with Crippen LogP contribution in [0, 0.1) is 17.0 Å². The first-order valence-electron chi connectivity index (χ1n) is 7.00. The van der Waals surface area contributed by atoms with Gasteiger partial charge in [-0.05, 0) is 31.2 Å². The molecule has 0 spiro atoms. The molecule has 2 aromatic rings. The number of nitrogens with two attached hydrogens (primary N) is 1. The Labute approximate surface area is 144 Å². The van der Waals surface area contributed by atoms with Gasteiger partial charge < -0.3 is 5.73 Å². The van der Waals surface area contributed by atoms with Crippen molar-refractivity contribution in [2.24, 2.45) is 15.7 Å². The van der Waals surface area contributed by atoms with Crippen LogP contribution in [0.2, 0.25) is 0 Å². The molecule has 9 nitrogen and oxygen atoms in total. The Morgan fingerprint density at radius 1 is 1.24 bits per heavy atom. The average Bonchev–Trinajstić information content (AvgIpc) is 2.58. The maximum atomic E-state index is 12.9. The maximum Gasteiger partial charge on any atom is 0.269 e. The Kier molecular flexibility index (Phi) is 5.22. The molecule has 0 fully saturated rings. The van der Waals surface area contributed by atoms with Crippen molar-refractivity contribution in [3.05, 3.63) is 57.9 Å². The average molecular weight is 361 g/mol. The van der Waals surface area contributed by atoms with E-state index in [1.54, 1.807) is 19.1 Å². The lowest BCUT2D eigenvalue weighted by Crippen LogP contribution is -2.18. The van der Waals surface area contributed by atoms with Gasteiger partial charge in [0.15, 0.2) is 5.04 Å². The molecular weight excluding hydrogens is 346 g/mol. The standard InChI is InChI=1S/C15H15N5O4S/c1-10-3-8-13(18-9-16)14(19-10)15(17-2)25(23,24)12-6-4-11(5-7-12)20(21)22/h3-9H,1-2H3,(H2,16,18). The molecule has 1 heterocycles. The molecule has 0 saturated heterocycles. The van der Waals surface area contributed by atoms with Gasteiger partial charge in [-0.3, -0.25) is 15.1 Å². The molecule has 1 aromatic heterocycles. The number of aliphatic imine (C=N–C) groups is 2. The minimum Gasteiger partial charge on any atom is -0.390 e. The summed E-state index contributed by atoms with van der Waals surface area (Å²) in [4.78, 5) is 22.0. The number of aryl methyl sites for hydroxylation is 1. The van der Waals surface area contributed by atoms with E-state index in [1.807, 2.05) is 0 Å². The number of aromatic nitrogens is 1. The summed E-state index contributed by atoms with van der Waals surface area (Å²) in [6, 6.07) is 7.78. The van der Waals surface area contributed by atoms with Gasteiger partial charge in [-0.2, -0.15) is 0 Å². The fourth-order valence-corrected chi connectivity index (χ4v) is 3.47. The van der Waals surface area contributed by atoms with Crippen molar-refractivity contribution in [3.8, 4) is 0 Å². The number of pyridine rings is 1. The summed E-state index contributed by atoms with van der Waals surface area (Å²) < 4.78 is 25.8. The lowest BCUT2D eigenvalue weighted by atomic mass is 10.2. The van der Waals surface area contributed by atoms with Gasteiger partial charge in [-0.15, -0.1) is 0 Å². The molecule has 130 valence electrons. The molecule has 10 heteroatoms. The smallest absolute Gasteiger partial charge is 0.269 e. The molecule has 0 aliphatic heterocycles. The van der Waals surface area contributed by atoms with E-state index in [0.717, 1.165) is 30.6 Å². The Balaban J connectivity index is 2.61. The van der Waals surface area contributed by atoms with Crippen LogP contribution in [0.25, 0.3) is 0 Å². The van der Waals surface area contributed by atoms with Crippen LogP contribution in [0.1, 0.15) is 11.4 Å². The number of nitro groups is 1. The van der Waals surface area contributed by atoms with Crippen molar-refractivity contribution >= 4 is 32.6 Å². The number of sulfone groups is 1. The normalized spacial score (nSPS) is 12.5. The molecule has 0 radical (unpaired) electrons. The zero-order valence-corrected chi connectivity index (χ0v) is 14.3. The zero-order chi connectivity index (χ0) is 18.6. The summed E-state index contributed by atoms with van der Waals surface area (Å²) in [6.45, 7) is 1.70. The van der Waals surface area contributed by atoms with E-state index in [4.69, 9.17) is 5.73 Å². The quantitative estimate of drug-likeness (QED) is 0.381. The summed E-state index contributed by atoms with van der Waals surface area (Å²) in [5, 5.41) is 10.4. The largest absolute Gasteiger partial charge is 0.390 e. The topological polar surface area (TPSA) is 141 Å². The summed E-state index contributed by atoms with van der Waals surface area (Å²) in [5.74, 6) is 0. The predicted octanol–water partition coefficient (Wildman–Crippen LogP) is 1.77. The van der Waals surface area contributed by atoms with Crippen molar-refractivity contribution in [1.82, 2.24) is 4.98 Å². The van der Waals surface area contributed by atoms with Crippen LogP contribution in [0.15, 0.2) is 51.3 Å². The van der Waals surface area contributed by atoms with E-state index >= 15 is 0 Å². The van der Waals surface area contributed by atoms with Gasteiger partial charge in [-0.25, -0.2) is 18.4 Å². The molecule has 25 heavy (non-hydrogen) atoms. The van der Waals surface area contributed by atoms with E-state index in [0.29, 0.717) is 5.69 Å². The lowest BCUT2D eigenvalue weighted by molar-refractivity contribution is -0.384. The van der Waals surface area contributed by atoms with Crippen LogP contribution < -0.4 is 5.73 Å². The molecule has 1 aromatic carbocycles. The third-order valence-electron chi connectivity index (χ3n) is 3.24. The van der Waals surface area contributed by atoms with Gasteiger partial charge in [-0.1, -0.05) is 0 Å². The monoisotopic (exact) mass is 361 g/mol. The second-order valence-electron chi connectivity index (χ2n) is 4.88. The number of nitrogens with zero attached hydrogens (tertiary/aromatic N) is 4. The maximum absolute atomic E-state index is 12.9. The third-order valence-corrected chi connectivity index (χ3v) is 5.02. The second-order valence-corrected chi connectivity index (χ2v) is 6.75. The van der Waals surface area contributed by atoms with Crippen LogP contribution in [0.4, 0.5) is 11.4 Å². The van der Waals surface area contributed by atoms with E-state index in [1.165, 1.54) is 7.05 Å². The summed E-state index contributed by atoms with van der Waals surface area (Å²) in [7, 11) is -2.74. The van der Waals surface area contributed by atoms with Gasteiger partial charge in [0.25, 0.3) is 5.69 Å². The first kappa shape index (κ1) is 18.2. The summed E-state index contributed by atoms with van der Waals surface area (Å²) in [5.41, 5.74) is 5.97. The fraction of sp³-hybridized carbons (Fsp3) is 0.133. The minimum absolute atomic E-state index is 0.0579. The molecule has 2 N–H and O–H groups in total. The van der Waals surface area contributed by atoms with Crippen molar-refractivity contribution < 1.29 is 13.3 Å². The van der Waals surface area contributed by atoms with Crippen molar-refractivity contribution in [1.29, 1.82) is 0 Å². The van der Waals surface area contributed by atoms with Crippen molar-refractivity contribution in [2.45, 2.75) is 11.8 Å². The molecule has 0 aliphatic rings. The minimum atomic E-state index is -4.05. The highest BCUT2D eigenvalue weighted by molar-refractivity contribution is 8.07. The molecule has 0 bridgehead atoms. The number of nitro benzene ring substituents is 1. The Morgan fingerprint density at radius 2 is 1.88 bits per heavy atom. The lowest BCUT2D eigenvalue weighted by Gasteiger charge is -2.10. The van der Waals surface area contributed by atoms with Gasteiger partial charge in [0.05, 0.1) is 21.8 Å². The number of rotatable bonds is 4. The van der Waals surface area contributed by atoms with Gasteiger partial charge in [0.2, 0.25) is 9.84 Å². The van der Waals surface area contributed by atoms with Gasteiger partial charge in [0.1, 0.15) is 5.69 Å². The van der Waals surface area contributed by atoms with Crippen LogP contribution in [0.5, 0.6) is 0 Å². The number of hydrogen-bond acceptors (Lipinski definition) is 7.